The van der Waals surface area contributed by atoms with Gasteiger partial charge in [-0.05, 0) is 18.3 Å². The largest absolute Gasteiger partial charge is 0.396 e. The number of rotatable bonds is 6. The van der Waals surface area contributed by atoms with E-state index < -0.39 is 0 Å². The first-order valence-electron chi connectivity index (χ1n) is 5.68. The second-order valence-corrected chi connectivity index (χ2v) is 4.88. The van der Waals surface area contributed by atoms with E-state index in [1.807, 2.05) is 0 Å². The normalized spacial score (nSPS) is 11.5. The van der Waals surface area contributed by atoms with E-state index in [4.69, 9.17) is 16.6 Å². The summed E-state index contributed by atoms with van der Waals surface area (Å²) in [6.45, 7) is 5.22. The molecular weight excluding hydrogens is 218 g/mol. The third-order valence-electron chi connectivity index (χ3n) is 2.52. The Kier molecular flexibility index (Phi) is 4.51. The van der Waals surface area contributed by atoms with Crippen molar-refractivity contribution in [2.75, 3.05) is 29.9 Å². The number of anilines is 3. The fourth-order valence-corrected chi connectivity index (χ4v) is 1.55. The standard InChI is InChI=1S/C11H21N5O/c1-11(2,4-3-5-17)7-14-9-6-8(12)15-10(13)16-9/h6,17H,3-5,7H2,1-2H3,(H5,12,13,14,15,16). The first-order chi connectivity index (χ1) is 7.93. The Hall–Kier alpha value is -1.56. The summed E-state index contributed by atoms with van der Waals surface area (Å²) in [4.78, 5) is 7.84. The van der Waals surface area contributed by atoms with Gasteiger partial charge in [0.2, 0.25) is 5.95 Å². The summed E-state index contributed by atoms with van der Waals surface area (Å²) in [6.07, 6.45) is 1.73. The quantitative estimate of drug-likeness (QED) is 0.586. The van der Waals surface area contributed by atoms with E-state index in [-0.39, 0.29) is 18.0 Å². The molecule has 0 fully saturated rings. The van der Waals surface area contributed by atoms with Crippen LogP contribution in [0.5, 0.6) is 0 Å². The minimum absolute atomic E-state index is 0.0806. The lowest BCUT2D eigenvalue weighted by molar-refractivity contribution is 0.248. The molecule has 0 atom stereocenters. The molecule has 0 aromatic carbocycles. The minimum Gasteiger partial charge on any atom is -0.396 e. The van der Waals surface area contributed by atoms with E-state index in [2.05, 4.69) is 29.1 Å². The summed E-state index contributed by atoms with van der Waals surface area (Å²) in [7, 11) is 0. The van der Waals surface area contributed by atoms with Gasteiger partial charge >= 0.3 is 0 Å². The van der Waals surface area contributed by atoms with E-state index in [1.165, 1.54) is 0 Å². The Morgan fingerprint density at radius 2 is 2.06 bits per heavy atom. The average molecular weight is 239 g/mol. The van der Waals surface area contributed by atoms with Crippen LogP contribution in [0.3, 0.4) is 0 Å². The highest BCUT2D eigenvalue weighted by atomic mass is 16.2. The van der Waals surface area contributed by atoms with Crippen molar-refractivity contribution in [2.45, 2.75) is 26.7 Å². The van der Waals surface area contributed by atoms with Crippen LogP contribution in [0.1, 0.15) is 26.7 Å². The van der Waals surface area contributed by atoms with E-state index >= 15 is 0 Å². The molecule has 0 amide bonds. The predicted molar refractivity (Wildman–Crippen MR) is 69.4 cm³/mol. The van der Waals surface area contributed by atoms with Gasteiger partial charge in [0, 0.05) is 19.2 Å². The van der Waals surface area contributed by atoms with Gasteiger partial charge in [-0.15, -0.1) is 0 Å². The highest BCUT2D eigenvalue weighted by Crippen LogP contribution is 2.22. The molecule has 1 rings (SSSR count). The molecule has 0 unspecified atom stereocenters. The average Bonchev–Trinajstić information content (AvgIpc) is 2.23. The van der Waals surface area contributed by atoms with E-state index in [1.54, 1.807) is 6.07 Å². The van der Waals surface area contributed by atoms with Crippen LogP contribution in [-0.2, 0) is 0 Å². The van der Waals surface area contributed by atoms with Crippen molar-refractivity contribution in [3.05, 3.63) is 6.07 Å². The molecule has 1 aromatic rings. The lowest BCUT2D eigenvalue weighted by Gasteiger charge is -2.24. The zero-order valence-electron chi connectivity index (χ0n) is 10.4. The molecule has 0 aliphatic carbocycles. The lowest BCUT2D eigenvalue weighted by Crippen LogP contribution is -2.24. The van der Waals surface area contributed by atoms with Gasteiger partial charge in [-0.3, -0.25) is 0 Å². The number of aliphatic hydroxyl groups is 1. The van der Waals surface area contributed by atoms with Crippen molar-refractivity contribution >= 4 is 17.6 Å². The second kappa shape index (κ2) is 5.67. The third kappa shape index (κ3) is 4.86. The maximum Gasteiger partial charge on any atom is 0.223 e. The molecule has 0 spiro atoms. The monoisotopic (exact) mass is 239 g/mol. The van der Waals surface area contributed by atoms with Crippen molar-refractivity contribution in [1.82, 2.24) is 9.97 Å². The van der Waals surface area contributed by atoms with Gasteiger partial charge in [-0.25, -0.2) is 0 Å². The number of nitrogens with two attached hydrogens (primary N) is 2. The molecule has 1 heterocycles. The summed E-state index contributed by atoms with van der Waals surface area (Å²) >= 11 is 0. The van der Waals surface area contributed by atoms with E-state index in [9.17, 15) is 0 Å². The zero-order chi connectivity index (χ0) is 12.9. The van der Waals surface area contributed by atoms with Gasteiger partial charge in [0.25, 0.3) is 0 Å². The number of aliphatic hydroxyl groups excluding tert-OH is 1. The van der Waals surface area contributed by atoms with Crippen LogP contribution >= 0.6 is 0 Å². The molecule has 6 N–H and O–H groups in total. The molecule has 0 aliphatic rings. The molecule has 0 saturated carbocycles. The number of nitrogen functional groups attached to an aromatic ring is 2. The van der Waals surface area contributed by atoms with Gasteiger partial charge in [-0.1, -0.05) is 13.8 Å². The minimum atomic E-state index is 0.0806. The van der Waals surface area contributed by atoms with Crippen molar-refractivity contribution in [3.8, 4) is 0 Å². The van der Waals surface area contributed by atoms with Gasteiger partial charge < -0.3 is 21.9 Å². The van der Waals surface area contributed by atoms with Crippen molar-refractivity contribution in [1.29, 1.82) is 0 Å². The van der Waals surface area contributed by atoms with Crippen LogP contribution in [0.4, 0.5) is 17.6 Å². The fraction of sp³-hybridized carbons (Fsp3) is 0.636. The number of aromatic nitrogens is 2. The van der Waals surface area contributed by atoms with Crippen LogP contribution in [0.2, 0.25) is 0 Å². The molecule has 0 radical (unpaired) electrons. The number of hydrogen-bond acceptors (Lipinski definition) is 6. The smallest absolute Gasteiger partial charge is 0.223 e. The van der Waals surface area contributed by atoms with Crippen LogP contribution in [0.25, 0.3) is 0 Å². The Labute approximate surface area is 101 Å². The fourth-order valence-electron chi connectivity index (χ4n) is 1.55. The summed E-state index contributed by atoms with van der Waals surface area (Å²) in [6, 6.07) is 1.65. The summed E-state index contributed by atoms with van der Waals surface area (Å²) in [5.74, 6) is 1.15. The summed E-state index contributed by atoms with van der Waals surface area (Å²) in [5, 5.41) is 12.0. The molecule has 17 heavy (non-hydrogen) atoms. The van der Waals surface area contributed by atoms with Crippen molar-refractivity contribution in [3.63, 3.8) is 0 Å². The van der Waals surface area contributed by atoms with Crippen LogP contribution in [0.15, 0.2) is 6.07 Å². The molecule has 6 heteroatoms. The lowest BCUT2D eigenvalue weighted by atomic mass is 9.88. The molecule has 6 nitrogen and oxygen atoms in total. The first kappa shape index (κ1) is 13.5. The number of hydrogen-bond donors (Lipinski definition) is 4. The Balaban J connectivity index is 2.54. The van der Waals surface area contributed by atoms with Crippen molar-refractivity contribution in [2.24, 2.45) is 5.41 Å². The van der Waals surface area contributed by atoms with Crippen LogP contribution in [-0.4, -0.2) is 28.2 Å². The Morgan fingerprint density at radius 3 is 2.65 bits per heavy atom. The molecule has 96 valence electrons. The number of nitrogens with one attached hydrogen (secondary N) is 1. The van der Waals surface area contributed by atoms with Gasteiger partial charge in [0.05, 0.1) is 0 Å². The molecule has 0 saturated heterocycles. The van der Waals surface area contributed by atoms with Crippen LogP contribution in [0, 0.1) is 5.41 Å². The van der Waals surface area contributed by atoms with Crippen molar-refractivity contribution < 1.29 is 5.11 Å². The topological polar surface area (TPSA) is 110 Å². The Bertz CT molecular complexity index is 347. The highest BCUT2D eigenvalue weighted by molar-refractivity contribution is 5.48. The van der Waals surface area contributed by atoms with E-state index in [0.717, 1.165) is 19.4 Å². The maximum absolute atomic E-state index is 8.81. The molecular formula is C11H21N5O. The third-order valence-corrected chi connectivity index (χ3v) is 2.52. The maximum atomic E-state index is 8.81. The van der Waals surface area contributed by atoms with Gasteiger partial charge in [0.15, 0.2) is 0 Å². The molecule has 1 aromatic heterocycles. The predicted octanol–water partition coefficient (Wildman–Crippen LogP) is 0.852. The first-order valence-corrected chi connectivity index (χ1v) is 5.68. The van der Waals surface area contributed by atoms with E-state index in [0.29, 0.717) is 11.6 Å². The van der Waals surface area contributed by atoms with Crippen LogP contribution < -0.4 is 16.8 Å². The molecule has 0 aliphatic heterocycles. The van der Waals surface area contributed by atoms with Gasteiger partial charge in [0.1, 0.15) is 11.6 Å². The summed E-state index contributed by atoms with van der Waals surface area (Å²) < 4.78 is 0. The Morgan fingerprint density at radius 1 is 1.35 bits per heavy atom. The molecule has 0 bridgehead atoms. The highest BCUT2D eigenvalue weighted by Gasteiger charge is 2.17. The SMILES string of the molecule is CC(C)(CCCO)CNc1cc(N)nc(N)n1. The summed E-state index contributed by atoms with van der Waals surface area (Å²) in [5.41, 5.74) is 11.2. The van der Waals surface area contributed by atoms with Gasteiger partial charge in [-0.2, -0.15) is 9.97 Å². The second-order valence-electron chi connectivity index (χ2n) is 4.88. The zero-order valence-corrected chi connectivity index (χ0v) is 10.4. The number of nitrogens with zero attached hydrogens (tertiary/aromatic N) is 2.